The first-order valence-electron chi connectivity index (χ1n) is 6.57. The van der Waals surface area contributed by atoms with Crippen molar-refractivity contribution in [1.82, 2.24) is 0 Å². The summed E-state index contributed by atoms with van der Waals surface area (Å²) in [6.07, 6.45) is 0. The summed E-state index contributed by atoms with van der Waals surface area (Å²) in [4.78, 5) is 2.38. The number of benzene rings is 1. The number of methoxy groups -OCH3 is 1. The highest BCUT2D eigenvalue weighted by molar-refractivity contribution is 5.61. The van der Waals surface area contributed by atoms with Gasteiger partial charge in [0, 0.05) is 19.6 Å². The Hall–Kier alpha value is -1.22. The molecule has 0 atom stereocenters. The lowest BCUT2D eigenvalue weighted by atomic mass is 9.76. The fourth-order valence-electron chi connectivity index (χ4n) is 2.33. The highest BCUT2D eigenvalue weighted by Gasteiger charge is 2.36. The molecule has 0 amide bonds. The molecule has 1 aromatic rings. The molecular formula is C15H24N2O. The van der Waals surface area contributed by atoms with Gasteiger partial charge < -0.3 is 15.4 Å². The second kappa shape index (κ2) is 4.81. The van der Waals surface area contributed by atoms with Gasteiger partial charge in [0.05, 0.1) is 12.8 Å². The molecule has 3 heteroatoms. The van der Waals surface area contributed by atoms with Gasteiger partial charge in [0.25, 0.3) is 0 Å². The molecule has 1 fully saturated rings. The van der Waals surface area contributed by atoms with Crippen LogP contribution in [0.3, 0.4) is 0 Å². The fraction of sp³-hybridized carbons (Fsp3) is 0.600. The van der Waals surface area contributed by atoms with Gasteiger partial charge in [-0.05, 0) is 29.0 Å². The third-order valence-corrected chi connectivity index (χ3v) is 3.93. The Labute approximate surface area is 110 Å². The average molecular weight is 248 g/mol. The molecule has 18 heavy (non-hydrogen) atoms. The maximum Gasteiger partial charge on any atom is 0.142 e. The molecule has 1 aromatic carbocycles. The van der Waals surface area contributed by atoms with Crippen LogP contribution in [-0.4, -0.2) is 20.2 Å². The van der Waals surface area contributed by atoms with Crippen molar-refractivity contribution in [1.29, 1.82) is 0 Å². The van der Waals surface area contributed by atoms with E-state index in [0.717, 1.165) is 30.3 Å². The van der Waals surface area contributed by atoms with Crippen LogP contribution in [0.2, 0.25) is 0 Å². The minimum atomic E-state index is 0.390. The maximum absolute atomic E-state index is 5.66. The largest absolute Gasteiger partial charge is 0.495 e. The van der Waals surface area contributed by atoms with Gasteiger partial charge >= 0.3 is 0 Å². The van der Waals surface area contributed by atoms with Gasteiger partial charge in [0.1, 0.15) is 5.75 Å². The second-order valence-corrected chi connectivity index (χ2v) is 6.18. The van der Waals surface area contributed by atoms with E-state index >= 15 is 0 Å². The Morgan fingerprint density at radius 3 is 2.50 bits per heavy atom. The van der Waals surface area contributed by atoms with Crippen LogP contribution in [0.15, 0.2) is 18.2 Å². The molecule has 2 rings (SSSR count). The summed E-state index contributed by atoms with van der Waals surface area (Å²) in [5, 5.41) is 0. The molecule has 0 bridgehead atoms. The summed E-state index contributed by atoms with van der Waals surface area (Å²) in [5.41, 5.74) is 8.35. The predicted octanol–water partition coefficient (Wildman–Crippen LogP) is 2.64. The van der Waals surface area contributed by atoms with E-state index < -0.39 is 0 Å². The molecule has 1 aliphatic heterocycles. The van der Waals surface area contributed by atoms with Crippen LogP contribution in [0.5, 0.6) is 5.75 Å². The average Bonchev–Trinajstić information content (AvgIpc) is 2.25. The number of rotatable bonds is 3. The third-order valence-electron chi connectivity index (χ3n) is 3.93. The summed E-state index contributed by atoms with van der Waals surface area (Å²) in [5.74, 6) is 1.70. The van der Waals surface area contributed by atoms with Crippen molar-refractivity contribution < 1.29 is 4.74 Å². The summed E-state index contributed by atoms with van der Waals surface area (Å²) >= 11 is 0. The Kier molecular flexibility index (Phi) is 3.53. The molecule has 0 radical (unpaired) electrons. The number of nitrogens with zero attached hydrogens (tertiary/aromatic N) is 1. The van der Waals surface area contributed by atoms with E-state index in [0.29, 0.717) is 12.0 Å². The van der Waals surface area contributed by atoms with Crippen LogP contribution < -0.4 is 15.4 Å². The highest BCUT2D eigenvalue weighted by atomic mass is 16.5. The van der Waals surface area contributed by atoms with Gasteiger partial charge in [-0.2, -0.15) is 0 Å². The molecule has 0 unspecified atom stereocenters. The van der Waals surface area contributed by atoms with E-state index in [1.165, 1.54) is 5.69 Å². The molecule has 3 nitrogen and oxygen atoms in total. The minimum Gasteiger partial charge on any atom is -0.495 e. The Morgan fingerprint density at radius 1 is 1.33 bits per heavy atom. The minimum absolute atomic E-state index is 0.390. The van der Waals surface area contributed by atoms with Crippen molar-refractivity contribution in [3.8, 4) is 5.75 Å². The van der Waals surface area contributed by atoms with E-state index in [4.69, 9.17) is 10.5 Å². The molecular weight excluding hydrogens is 224 g/mol. The van der Waals surface area contributed by atoms with E-state index in [-0.39, 0.29) is 0 Å². The molecule has 100 valence electrons. The standard InChI is InChI=1S/C15H24N2O/c1-15(2,3)12-9-17(10-12)13-6-5-11(8-16)7-14(13)18-4/h5-7,12H,8-10,16H2,1-4H3. The van der Waals surface area contributed by atoms with Gasteiger partial charge in [0.15, 0.2) is 0 Å². The van der Waals surface area contributed by atoms with Crippen LogP contribution in [0.1, 0.15) is 26.3 Å². The summed E-state index contributed by atoms with van der Waals surface area (Å²) < 4.78 is 5.47. The number of nitrogens with two attached hydrogens (primary N) is 1. The Balaban J connectivity index is 2.12. The normalized spacial score (nSPS) is 16.6. The quantitative estimate of drug-likeness (QED) is 0.893. The molecule has 1 saturated heterocycles. The SMILES string of the molecule is COc1cc(CN)ccc1N1CC(C(C)(C)C)C1. The van der Waals surface area contributed by atoms with Crippen LogP contribution >= 0.6 is 0 Å². The Bertz CT molecular complexity index is 417. The topological polar surface area (TPSA) is 38.5 Å². The molecule has 0 aliphatic carbocycles. The van der Waals surface area contributed by atoms with Crippen molar-refractivity contribution in [3.05, 3.63) is 23.8 Å². The van der Waals surface area contributed by atoms with Crippen molar-refractivity contribution >= 4 is 5.69 Å². The van der Waals surface area contributed by atoms with E-state index in [9.17, 15) is 0 Å². The van der Waals surface area contributed by atoms with Crippen LogP contribution in [0.25, 0.3) is 0 Å². The number of ether oxygens (including phenoxy) is 1. The lowest BCUT2D eigenvalue weighted by molar-refractivity contribution is 0.194. The zero-order valence-corrected chi connectivity index (χ0v) is 11.9. The zero-order chi connectivity index (χ0) is 13.3. The zero-order valence-electron chi connectivity index (χ0n) is 11.9. The van der Waals surface area contributed by atoms with Gasteiger partial charge in [-0.25, -0.2) is 0 Å². The predicted molar refractivity (Wildman–Crippen MR) is 76.0 cm³/mol. The van der Waals surface area contributed by atoms with Gasteiger partial charge in [-0.3, -0.25) is 0 Å². The first-order chi connectivity index (χ1) is 8.45. The maximum atomic E-state index is 5.66. The van der Waals surface area contributed by atoms with Crippen LogP contribution in [0.4, 0.5) is 5.69 Å². The van der Waals surface area contributed by atoms with E-state index in [1.807, 2.05) is 6.07 Å². The second-order valence-electron chi connectivity index (χ2n) is 6.18. The fourth-order valence-corrected chi connectivity index (χ4v) is 2.33. The van der Waals surface area contributed by atoms with E-state index in [1.54, 1.807) is 7.11 Å². The summed E-state index contributed by atoms with van der Waals surface area (Å²) in [6, 6.07) is 6.25. The van der Waals surface area contributed by atoms with Gasteiger partial charge in [0.2, 0.25) is 0 Å². The van der Waals surface area contributed by atoms with Gasteiger partial charge in [-0.15, -0.1) is 0 Å². The first-order valence-corrected chi connectivity index (χ1v) is 6.57. The molecule has 0 aromatic heterocycles. The van der Waals surface area contributed by atoms with Crippen LogP contribution in [0, 0.1) is 11.3 Å². The Morgan fingerprint density at radius 2 is 2.00 bits per heavy atom. The molecule has 0 spiro atoms. The van der Waals surface area contributed by atoms with Crippen molar-refractivity contribution in [2.45, 2.75) is 27.3 Å². The number of hydrogen-bond acceptors (Lipinski definition) is 3. The molecule has 1 heterocycles. The highest BCUT2D eigenvalue weighted by Crippen LogP contribution is 2.39. The van der Waals surface area contributed by atoms with Gasteiger partial charge in [-0.1, -0.05) is 26.8 Å². The molecule has 1 aliphatic rings. The van der Waals surface area contributed by atoms with E-state index in [2.05, 4.69) is 37.8 Å². The third kappa shape index (κ3) is 2.46. The first kappa shape index (κ1) is 13.2. The van der Waals surface area contributed by atoms with Crippen molar-refractivity contribution in [3.63, 3.8) is 0 Å². The monoisotopic (exact) mass is 248 g/mol. The number of hydrogen-bond donors (Lipinski definition) is 1. The summed E-state index contributed by atoms with van der Waals surface area (Å²) in [7, 11) is 1.72. The lowest BCUT2D eigenvalue weighted by Crippen LogP contribution is -2.52. The van der Waals surface area contributed by atoms with Crippen molar-refractivity contribution in [2.24, 2.45) is 17.1 Å². The summed E-state index contributed by atoms with van der Waals surface area (Å²) in [6.45, 7) is 9.71. The number of anilines is 1. The lowest BCUT2D eigenvalue weighted by Gasteiger charge is -2.48. The molecule has 0 saturated carbocycles. The van der Waals surface area contributed by atoms with Crippen molar-refractivity contribution in [2.75, 3.05) is 25.1 Å². The smallest absolute Gasteiger partial charge is 0.142 e. The molecule has 2 N–H and O–H groups in total. The van der Waals surface area contributed by atoms with Crippen LogP contribution in [-0.2, 0) is 6.54 Å².